The maximum absolute atomic E-state index is 11.6. The smallest absolute Gasteiger partial charge is 0.315 e. The van der Waals surface area contributed by atoms with Crippen LogP contribution in [0.25, 0.3) is 0 Å². The third-order valence-corrected chi connectivity index (χ3v) is 3.59. The highest BCUT2D eigenvalue weighted by atomic mass is 35.5. The zero-order valence-corrected chi connectivity index (χ0v) is 14.3. The van der Waals surface area contributed by atoms with E-state index < -0.39 is 12.1 Å². The molecule has 1 atom stereocenters. The molecule has 1 heterocycles. The summed E-state index contributed by atoms with van der Waals surface area (Å²) in [6, 6.07) is 6.56. The van der Waals surface area contributed by atoms with Gasteiger partial charge in [-0.05, 0) is 37.6 Å². The lowest BCUT2D eigenvalue weighted by molar-refractivity contribution is 0.107. The van der Waals surface area contributed by atoms with Gasteiger partial charge in [-0.1, -0.05) is 16.8 Å². The van der Waals surface area contributed by atoms with Crippen molar-refractivity contribution < 1.29 is 19.2 Å². The highest BCUT2D eigenvalue weighted by molar-refractivity contribution is 6.31. The van der Waals surface area contributed by atoms with E-state index in [0.717, 1.165) is 11.3 Å². The van der Waals surface area contributed by atoms with E-state index in [1.807, 2.05) is 6.92 Å². The molecular weight excluding hydrogens is 334 g/mol. The van der Waals surface area contributed by atoms with Gasteiger partial charge in [-0.3, -0.25) is 0 Å². The van der Waals surface area contributed by atoms with Crippen molar-refractivity contribution in [3.8, 4) is 5.75 Å². The number of halogens is 1. The number of aromatic nitrogens is 1. The van der Waals surface area contributed by atoms with E-state index in [9.17, 15) is 9.90 Å². The second-order valence-corrected chi connectivity index (χ2v) is 5.78. The van der Waals surface area contributed by atoms with Crippen LogP contribution in [0.5, 0.6) is 5.75 Å². The van der Waals surface area contributed by atoms with Crippen LogP contribution in [0.1, 0.15) is 17.0 Å². The van der Waals surface area contributed by atoms with Crippen LogP contribution in [0.15, 0.2) is 28.8 Å². The number of carbonyl (C=O) groups is 1. The van der Waals surface area contributed by atoms with E-state index in [1.165, 1.54) is 0 Å². The molecule has 0 aliphatic carbocycles. The molecular formula is C16H20ClN3O4. The Morgan fingerprint density at radius 3 is 2.83 bits per heavy atom. The van der Waals surface area contributed by atoms with Gasteiger partial charge in [-0.25, -0.2) is 4.79 Å². The van der Waals surface area contributed by atoms with Gasteiger partial charge in [0.25, 0.3) is 0 Å². The first-order valence-corrected chi connectivity index (χ1v) is 7.82. The van der Waals surface area contributed by atoms with Crippen molar-refractivity contribution in [1.82, 2.24) is 15.8 Å². The number of benzene rings is 1. The molecule has 2 amide bonds. The topological polar surface area (TPSA) is 96.6 Å². The molecule has 1 aromatic heterocycles. The minimum absolute atomic E-state index is 0.0582. The van der Waals surface area contributed by atoms with E-state index >= 15 is 0 Å². The minimum atomic E-state index is -0.834. The van der Waals surface area contributed by atoms with E-state index in [2.05, 4.69) is 15.8 Å². The molecule has 0 aliphatic rings. The van der Waals surface area contributed by atoms with Gasteiger partial charge >= 0.3 is 6.03 Å². The quantitative estimate of drug-likeness (QED) is 0.709. The van der Waals surface area contributed by atoms with Crippen LogP contribution in [-0.2, 0) is 6.54 Å². The average molecular weight is 354 g/mol. The molecule has 0 saturated heterocycles. The molecule has 8 heteroatoms. The summed E-state index contributed by atoms with van der Waals surface area (Å²) in [5.74, 6) is 1.17. The summed E-state index contributed by atoms with van der Waals surface area (Å²) in [5, 5.41) is 19.4. The van der Waals surface area contributed by atoms with Gasteiger partial charge in [0.05, 0.1) is 12.2 Å². The summed E-state index contributed by atoms with van der Waals surface area (Å²) < 4.78 is 10.4. The Bertz CT molecular complexity index is 690. The van der Waals surface area contributed by atoms with Gasteiger partial charge in [-0.15, -0.1) is 0 Å². The molecule has 1 aromatic carbocycles. The molecule has 0 saturated carbocycles. The second-order valence-electron chi connectivity index (χ2n) is 5.37. The number of aliphatic hydroxyl groups is 1. The number of nitrogens with zero attached hydrogens (tertiary/aromatic N) is 1. The lowest BCUT2D eigenvalue weighted by atomic mass is 10.2. The summed E-state index contributed by atoms with van der Waals surface area (Å²) >= 11 is 5.93. The number of hydrogen-bond acceptors (Lipinski definition) is 5. The third kappa shape index (κ3) is 5.75. The maximum atomic E-state index is 11.6. The second kappa shape index (κ2) is 8.56. The summed E-state index contributed by atoms with van der Waals surface area (Å²) in [6.07, 6.45) is -0.834. The summed E-state index contributed by atoms with van der Waals surface area (Å²) in [6.45, 7) is 4.01. The number of aliphatic hydroxyl groups excluding tert-OH is 1. The monoisotopic (exact) mass is 353 g/mol. The van der Waals surface area contributed by atoms with Crippen LogP contribution in [0.2, 0.25) is 5.02 Å². The largest absolute Gasteiger partial charge is 0.491 e. The van der Waals surface area contributed by atoms with Crippen LogP contribution in [0, 0.1) is 13.8 Å². The molecule has 2 aromatic rings. The van der Waals surface area contributed by atoms with Crippen LogP contribution in [0.3, 0.4) is 0 Å². The van der Waals surface area contributed by atoms with Gasteiger partial charge in [0.1, 0.15) is 18.5 Å². The summed E-state index contributed by atoms with van der Waals surface area (Å²) in [5.41, 5.74) is 1.64. The molecule has 2 rings (SSSR count). The number of carbonyl (C=O) groups excluding carboxylic acids is 1. The summed E-state index contributed by atoms with van der Waals surface area (Å²) in [4.78, 5) is 11.6. The Hall–Kier alpha value is -2.25. The number of ether oxygens (including phenoxy) is 1. The third-order valence-electron chi connectivity index (χ3n) is 3.17. The van der Waals surface area contributed by atoms with Crippen molar-refractivity contribution in [1.29, 1.82) is 0 Å². The molecule has 0 fully saturated rings. The molecule has 0 bridgehead atoms. The first-order chi connectivity index (χ1) is 11.4. The van der Waals surface area contributed by atoms with Crippen molar-refractivity contribution in [2.75, 3.05) is 13.2 Å². The number of rotatable bonds is 7. The molecule has 0 aliphatic heterocycles. The SMILES string of the molecule is Cc1cc(CNC(=O)NC[C@H](O)COc2ccc(Cl)c(C)c2)on1. The molecule has 130 valence electrons. The molecule has 0 unspecified atom stereocenters. The zero-order chi connectivity index (χ0) is 17.5. The molecule has 24 heavy (non-hydrogen) atoms. The van der Waals surface area contributed by atoms with Crippen LogP contribution >= 0.6 is 11.6 Å². The fourth-order valence-corrected chi connectivity index (χ4v) is 2.02. The standard InChI is InChI=1S/C16H20ClN3O4/c1-10-5-13(3-4-15(10)17)23-9-12(21)7-18-16(22)19-8-14-6-11(2)20-24-14/h3-6,12,21H,7-9H2,1-2H3,(H2,18,19,22)/t12-/m0/s1. The van der Waals surface area contributed by atoms with Crippen molar-refractivity contribution in [3.05, 3.63) is 46.3 Å². The van der Waals surface area contributed by atoms with Gasteiger partial charge in [0.15, 0.2) is 5.76 Å². The molecule has 3 N–H and O–H groups in total. The number of hydrogen-bond donors (Lipinski definition) is 3. The normalized spacial score (nSPS) is 11.8. The van der Waals surface area contributed by atoms with E-state index in [1.54, 1.807) is 31.2 Å². The lowest BCUT2D eigenvalue weighted by Gasteiger charge is -2.14. The highest BCUT2D eigenvalue weighted by Gasteiger charge is 2.09. The fourth-order valence-electron chi connectivity index (χ4n) is 1.90. The van der Waals surface area contributed by atoms with Crippen molar-refractivity contribution in [2.24, 2.45) is 0 Å². The predicted octanol–water partition coefficient (Wildman–Crippen LogP) is 2.18. The summed E-state index contributed by atoms with van der Waals surface area (Å²) in [7, 11) is 0. The Morgan fingerprint density at radius 1 is 1.38 bits per heavy atom. The highest BCUT2D eigenvalue weighted by Crippen LogP contribution is 2.21. The predicted molar refractivity (Wildman–Crippen MR) is 89.2 cm³/mol. The first-order valence-electron chi connectivity index (χ1n) is 7.45. The fraction of sp³-hybridized carbons (Fsp3) is 0.375. The molecule has 7 nitrogen and oxygen atoms in total. The molecule has 0 spiro atoms. The lowest BCUT2D eigenvalue weighted by Crippen LogP contribution is -2.41. The minimum Gasteiger partial charge on any atom is -0.491 e. The van der Waals surface area contributed by atoms with Crippen molar-refractivity contribution in [3.63, 3.8) is 0 Å². The maximum Gasteiger partial charge on any atom is 0.315 e. The Labute approximate surface area is 144 Å². The van der Waals surface area contributed by atoms with Crippen molar-refractivity contribution in [2.45, 2.75) is 26.5 Å². The number of urea groups is 1. The van der Waals surface area contributed by atoms with E-state index in [4.69, 9.17) is 20.9 Å². The Morgan fingerprint density at radius 2 is 2.17 bits per heavy atom. The first kappa shape index (κ1) is 18.1. The zero-order valence-electron chi connectivity index (χ0n) is 13.5. The van der Waals surface area contributed by atoms with Crippen LogP contribution < -0.4 is 15.4 Å². The van der Waals surface area contributed by atoms with E-state index in [-0.39, 0.29) is 19.7 Å². The van der Waals surface area contributed by atoms with Gasteiger partial charge < -0.3 is 25.0 Å². The van der Waals surface area contributed by atoms with Crippen molar-refractivity contribution >= 4 is 17.6 Å². The van der Waals surface area contributed by atoms with Crippen LogP contribution in [-0.4, -0.2) is 35.5 Å². The van der Waals surface area contributed by atoms with Gasteiger partial charge in [0, 0.05) is 17.6 Å². The average Bonchev–Trinajstić information content (AvgIpc) is 2.97. The van der Waals surface area contributed by atoms with Crippen LogP contribution in [0.4, 0.5) is 4.79 Å². The number of nitrogens with one attached hydrogen (secondary N) is 2. The number of aryl methyl sites for hydroxylation is 2. The van der Waals surface area contributed by atoms with E-state index in [0.29, 0.717) is 16.5 Å². The Kier molecular flexibility index (Phi) is 6.45. The number of amides is 2. The van der Waals surface area contributed by atoms with Gasteiger partial charge in [-0.2, -0.15) is 0 Å². The Balaban J connectivity index is 1.65. The molecule has 0 radical (unpaired) electrons. The van der Waals surface area contributed by atoms with Gasteiger partial charge in [0.2, 0.25) is 0 Å².